The molecule has 0 atom stereocenters. The van der Waals surface area contributed by atoms with Crippen molar-refractivity contribution in [3.8, 4) is 0 Å². The van der Waals surface area contributed by atoms with Crippen LogP contribution in [0.3, 0.4) is 0 Å². The van der Waals surface area contributed by atoms with Gasteiger partial charge in [-0.15, -0.1) is 0 Å². The summed E-state index contributed by atoms with van der Waals surface area (Å²) in [5.74, 6) is -0.286. The van der Waals surface area contributed by atoms with Crippen LogP contribution in [0.25, 0.3) is 21.8 Å². The highest BCUT2D eigenvalue weighted by molar-refractivity contribution is 6.11. The number of aromatic amines is 1. The van der Waals surface area contributed by atoms with Crippen molar-refractivity contribution in [2.24, 2.45) is 0 Å². The van der Waals surface area contributed by atoms with Crippen molar-refractivity contribution in [2.45, 2.75) is 34.2 Å². The maximum Gasteiger partial charge on any atom is 0.272 e. The minimum Gasteiger partial charge on any atom is -0.354 e. The summed E-state index contributed by atoms with van der Waals surface area (Å²) in [6.45, 7) is 8.14. The average Bonchev–Trinajstić information content (AvgIpc) is 3.15. The molecule has 2 N–H and O–H groups in total. The molecule has 5 nitrogen and oxygen atoms in total. The Morgan fingerprint density at radius 1 is 1.04 bits per heavy atom. The fourth-order valence-electron chi connectivity index (χ4n) is 4.17. The molecule has 0 unspecified atom stereocenters. The van der Waals surface area contributed by atoms with E-state index >= 15 is 0 Å². The van der Waals surface area contributed by atoms with Crippen LogP contribution in [0.1, 0.15) is 46.0 Å². The number of benzene rings is 2. The summed E-state index contributed by atoms with van der Waals surface area (Å²) in [5.41, 5.74) is 5.48. The molecule has 0 aliphatic rings. The zero-order valence-electron chi connectivity index (χ0n) is 16.5. The number of H-pyrrole nitrogens is 1. The van der Waals surface area contributed by atoms with Crippen LogP contribution in [0, 0.1) is 13.8 Å². The lowest BCUT2D eigenvalue weighted by Gasteiger charge is -2.07. The predicted octanol–water partition coefficient (Wildman–Crippen LogP) is 5.21. The Morgan fingerprint density at radius 2 is 1.75 bits per heavy atom. The summed E-state index contributed by atoms with van der Waals surface area (Å²) in [6, 6.07) is 14.3. The third-order valence-electron chi connectivity index (χ3n) is 5.36. The van der Waals surface area contributed by atoms with E-state index in [2.05, 4.69) is 33.9 Å². The zero-order valence-corrected chi connectivity index (χ0v) is 16.5. The first-order valence-corrected chi connectivity index (χ1v) is 9.44. The van der Waals surface area contributed by atoms with Crippen LogP contribution < -0.4 is 5.32 Å². The molecular formula is C23H23N3O2. The third kappa shape index (κ3) is 2.71. The van der Waals surface area contributed by atoms with Gasteiger partial charge in [0.1, 0.15) is 5.69 Å². The van der Waals surface area contributed by atoms with Crippen molar-refractivity contribution in [3.63, 3.8) is 0 Å². The molecule has 2 aromatic heterocycles. The lowest BCUT2D eigenvalue weighted by atomic mass is 10.1. The number of para-hydroxylation sites is 1. The van der Waals surface area contributed by atoms with Crippen LogP contribution in [-0.4, -0.2) is 21.2 Å². The number of rotatable bonds is 4. The van der Waals surface area contributed by atoms with E-state index in [4.69, 9.17) is 0 Å². The Balaban J connectivity index is 1.75. The molecule has 4 rings (SSSR count). The number of nitrogens with zero attached hydrogens (tertiary/aromatic N) is 1. The first kappa shape index (κ1) is 18.0. The molecule has 2 heterocycles. The number of aromatic nitrogens is 2. The maximum atomic E-state index is 12.8. The number of anilines is 1. The van der Waals surface area contributed by atoms with Crippen molar-refractivity contribution >= 4 is 39.2 Å². The van der Waals surface area contributed by atoms with Gasteiger partial charge in [-0.05, 0) is 57.5 Å². The van der Waals surface area contributed by atoms with Gasteiger partial charge in [0.2, 0.25) is 0 Å². The van der Waals surface area contributed by atoms with E-state index in [0.717, 1.165) is 28.8 Å². The molecule has 0 saturated carbocycles. The molecule has 0 spiro atoms. The Bertz CT molecular complexity index is 1240. The number of Topliss-reactive ketones (excluding diaryl/α,β-unsaturated/α-hetero) is 1. The first-order valence-electron chi connectivity index (χ1n) is 9.44. The minimum absolute atomic E-state index is 0.0425. The third-order valence-corrected chi connectivity index (χ3v) is 5.36. The van der Waals surface area contributed by atoms with Gasteiger partial charge in [-0.25, -0.2) is 0 Å². The van der Waals surface area contributed by atoms with Gasteiger partial charge in [0.25, 0.3) is 5.91 Å². The second-order valence-electron chi connectivity index (χ2n) is 7.13. The topological polar surface area (TPSA) is 66.9 Å². The number of fused-ring (bicyclic) bond motifs is 3. The van der Waals surface area contributed by atoms with E-state index < -0.39 is 0 Å². The number of aryl methyl sites for hydroxylation is 2. The second-order valence-corrected chi connectivity index (χ2v) is 7.13. The van der Waals surface area contributed by atoms with Crippen molar-refractivity contribution in [3.05, 3.63) is 65.0 Å². The molecule has 0 aliphatic heterocycles. The fourth-order valence-corrected chi connectivity index (χ4v) is 4.17. The molecule has 0 radical (unpaired) electrons. The Labute approximate surface area is 163 Å². The van der Waals surface area contributed by atoms with E-state index in [0.29, 0.717) is 16.8 Å². The van der Waals surface area contributed by atoms with Crippen LogP contribution in [0.5, 0.6) is 0 Å². The molecule has 2 aromatic carbocycles. The first-order chi connectivity index (χ1) is 13.4. The summed E-state index contributed by atoms with van der Waals surface area (Å²) >= 11 is 0. The Hall–Kier alpha value is -3.34. The van der Waals surface area contributed by atoms with Gasteiger partial charge in [0, 0.05) is 45.3 Å². The van der Waals surface area contributed by atoms with Gasteiger partial charge in [0.05, 0.1) is 0 Å². The summed E-state index contributed by atoms with van der Waals surface area (Å²) < 4.78 is 2.27. The number of ketones is 1. The summed E-state index contributed by atoms with van der Waals surface area (Å²) in [7, 11) is 0. The van der Waals surface area contributed by atoms with Crippen LogP contribution in [-0.2, 0) is 6.54 Å². The predicted molar refractivity (Wildman–Crippen MR) is 113 cm³/mol. The molecule has 28 heavy (non-hydrogen) atoms. The number of carbonyl (C=O) groups excluding carboxylic acids is 2. The minimum atomic E-state index is -0.244. The van der Waals surface area contributed by atoms with Crippen LogP contribution in [0.15, 0.2) is 42.5 Å². The lowest BCUT2D eigenvalue weighted by Crippen LogP contribution is -2.13. The maximum absolute atomic E-state index is 12.8. The largest absolute Gasteiger partial charge is 0.354 e. The molecule has 4 aromatic rings. The van der Waals surface area contributed by atoms with Gasteiger partial charge >= 0.3 is 0 Å². The number of hydrogen-bond acceptors (Lipinski definition) is 2. The number of amides is 1. The molecule has 0 saturated heterocycles. The Kier molecular flexibility index (Phi) is 4.30. The summed E-state index contributed by atoms with van der Waals surface area (Å²) in [4.78, 5) is 27.7. The van der Waals surface area contributed by atoms with Crippen molar-refractivity contribution in [1.29, 1.82) is 0 Å². The standard InChI is InChI=1S/C23H23N3O2/c1-5-26-19-9-7-6-8-17(19)18-12-16(10-11-20(18)26)25-23(28)22-13(2)21(15(4)27)14(3)24-22/h6-12,24H,5H2,1-4H3,(H,25,28). The SMILES string of the molecule is CCn1c2ccccc2c2cc(NC(=O)c3[nH]c(C)c(C(C)=O)c3C)ccc21. The molecular weight excluding hydrogens is 350 g/mol. The summed E-state index contributed by atoms with van der Waals surface area (Å²) in [6.07, 6.45) is 0. The van der Waals surface area contributed by atoms with Crippen molar-refractivity contribution in [1.82, 2.24) is 9.55 Å². The van der Waals surface area contributed by atoms with Crippen LogP contribution in [0.4, 0.5) is 5.69 Å². The Morgan fingerprint density at radius 3 is 2.43 bits per heavy atom. The molecule has 0 bridgehead atoms. The van der Waals surface area contributed by atoms with Crippen LogP contribution in [0.2, 0.25) is 0 Å². The average molecular weight is 373 g/mol. The van der Waals surface area contributed by atoms with Gasteiger partial charge in [-0.3, -0.25) is 9.59 Å². The smallest absolute Gasteiger partial charge is 0.272 e. The monoisotopic (exact) mass is 373 g/mol. The highest BCUT2D eigenvalue weighted by atomic mass is 16.2. The molecule has 0 fully saturated rings. The number of hydrogen-bond donors (Lipinski definition) is 2. The molecule has 5 heteroatoms. The molecule has 1 amide bonds. The fraction of sp³-hybridized carbons (Fsp3) is 0.217. The van der Waals surface area contributed by atoms with Crippen molar-refractivity contribution in [2.75, 3.05) is 5.32 Å². The van der Waals surface area contributed by atoms with E-state index in [-0.39, 0.29) is 11.7 Å². The summed E-state index contributed by atoms with van der Waals surface area (Å²) in [5, 5.41) is 5.25. The van der Waals surface area contributed by atoms with Crippen LogP contribution >= 0.6 is 0 Å². The van der Waals surface area contributed by atoms with Gasteiger partial charge in [0.15, 0.2) is 5.78 Å². The number of nitrogens with one attached hydrogen (secondary N) is 2. The molecule has 142 valence electrons. The lowest BCUT2D eigenvalue weighted by molar-refractivity contribution is 0.101. The van der Waals surface area contributed by atoms with Crippen molar-refractivity contribution < 1.29 is 9.59 Å². The zero-order chi connectivity index (χ0) is 20.0. The van der Waals surface area contributed by atoms with Gasteiger partial charge < -0.3 is 14.9 Å². The van der Waals surface area contributed by atoms with E-state index in [1.54, 1.807) is 6.92 Å². The van der Waals surface area contributed by atoms with E-state index in [1.165, 1.54) is 17.8 Å². The van der Waals surface area contributed by atoms with E-state index in [1.807, 2.05) is 37.3 Å². The normalized spacial score (nSPS) is 11.3. The highest BCUT2D eigenvalue weighted by Gasteiger charge is 2.20. The second kappa shape index (κ2) is 6.68. The van der Waals surface area contributed by atoms with Gasteiger partial charge in [-0.1, -0.05) is 18.2 Å². The van der Waals surface area contributed by atoms with Gasteiger partial charge in [-0.2, -0.15) is 0 Å². The quantitative estimate of drug-likeness (QED) is 0.482. The molecule has 0 aliphatic carbocycles. The highest BCUT2D eigenvalue weighted by Crippen LogP contribution is 2.31. The number of carbonyl (C=O) groups is 2. The van der Waals surface area contributed by atoms with E-state index in [9.17, 15) is 9.59 Å².